The minimum absolute atomic E-state index is 0.0600. The molecule has 3 rings (SSSR count). The van der Waals surface area contributed by atoms with Crippen LogP contribution < -0.4 is 10.2 Å². The van der Waals surface area contributed by atoms with Crippen molar-refractivity contribution in [1.82, 2.24) is 10.3 Å². The number of aryl methyl sites for hydroxylation is 1. The van der Waals surface area contributed by atoms with E-state index in [1.54, 1.807) is 30.5 Å². The fraction of sp³-hybridized carbons (Fsp3) is 0.429. The number of hydrogen-bond donors (Lipinski definition) is 1. The van der Waals surface area contributed by atoms with Crippen LogP contribution in [0, 0.1) is 6.92 Å². The van der Waals surface area contributed by atoms with Crippen LogP contribution in [0.15, 0.2) is 47.5 Å². The molecule has 7 heteroatoms. The van der Waals surface area contributed by atoms with Gasteiger partial charge in [-0.15, -0.1) is 0 Å². The van der Waals surface area contributed by atoms with E-state index in [2.05, 4.69) is 15.2 Å². The van der Waals surface area contributed by atoms with E-state index in [1.807, 2.05) is 19.1 Å². The second-order valence-electron chi connectivity index (χ2n) is 7.23. The van der Waals surface area contributed by atoms with Gasteiger partial charge in [0.1, 0.15) is 5.82 Å². The Kier molecular flexibility index (Phi) is 6.67. The first kappa shape index (κ1) is 20.3. The van der Waals surface area contributed by atoms with Gasteiger partial charge >= 0.3 is 0 Å². The van der Waals surface area contributed by atoms with Crippen LogP contribution in [0.2, 0.25) is 0 Å². The van der Waals surface area contributed by atoms with Gasteiger partial charge in [-0.05, 0) is 49.9 Å². The number of amides is 1. The number of carbonyl (C=O) groups is 1. The number of pyridine rings is 1. The average Bonchev–Trinajstić information content (AvgIpc) is 2.72. The molecule has 1 saturated heterocycles. The summed E-state index contributed by atoms with van der Waals surface area (Å²) in [7, 11) is -3.45. The normalized spacial score (nSPS) is 14.7. The monoisotopic (exact) mass is 401 g/mol. The third-order valence-electron chi connectivity index (χ3n) is 4.96. The van der Waals surface area contributed by atoms with Gasteiger partial charge in [0, 0.05) is 32.3 Å². The van der Waals surface area contributed by atoms with Gasteiger partial charge in [0.15, 0.2) is 9.84 Å². The fourth-order valence-corrected chi connectivity index (χ4v) is 4.45. The average molecular weight is 402 g/mol. The Morgan fingerprint density at radius 1 is 1.07 bits per heavy atom. The van der Waals surface area contributed by atoms with E-state index in [9.17, 15) is 13.2 Å². The van der Waals surface area contributed by atoms with E-state index < -0.39 is 9.84 Å². The first-order valence-electron chi connectivity index (χ1n) is 9.70. The number of nitrogens with one attached hydrogen (secondary N) is 1. The molecular weight excluding hydrogens is 374 g/mol. The lowest BCUT2D eigenvalue weighted by Gasteiger charge is -2.27. The zero-order valence-electron chi connectivity index (χ0n) is 16.2. The van der Waals surface area contributed by atoms with Gasteiger partial charge in [0.05, 0.1) is 10.6 Å². The van der Waals surface area contributed by atoms with Crippen molar-refractivity contribution in [2.75, 3.05) is 23.7 Å². The number of benzene rings is 1. The smallest absolute Gasteiger partial charge is 0.221 e. The minimum atomic E-state index is -3.45. The van der Waals surface area contributed by atoms with Crippen molar-refractivity contribution < 1.29 is 13.2 Å². The van der Waals surface area contributed by atoms with Gasteiger partial charge in [-0.2, -0.15) is 0 Å². The minimum Gasteiger partial charge on any atom is -0.357 e. The molecule has 6 nitrogen and oxygen atoms in total. The van der Waals surface area contributed by atoms with Crippen LogP contribution in [0.1, 0.15) is 36.8 Å². The highest BCUT2D eigenvalue weighted by Crippen LogP contribution is 2.17. The molecule has 1 aliphatic heterocycles. The SMILES string of the molecule is Cc1ccc(S(=O)(=O)CCC(=O)NCc2ccc(N3CCCCC3)nc2)cc1. The number of anilines is 1. The molecule has 0 bridgehead atoms. The molecule has 1 aliphatic rings. The number of aromatic nitrogens is 1. The Balaban J connectivity index is 1.46. The number of sulfone groups is 1. The molecular formula is C21H27N3O3S. The van der Waals surface area contributed by atoms with Gasteiger partial charge in [-0.1, -0.05) is 23.8 Å². The van der Waals surface area contributed by atoms with Crippen LogP contribution in [0.25, 0.3) is 0 Å². The zero-order chi connectivity index (χ0) is 20.0. The molecule has 1 N–H and O–H groups in total. The predicted molar refractivity (Wildman–Crippen MR) is 110 cm³/mol. The highest BCUT2D eigenvalue weighted by molar-refractivity contribution is 7.91. The Labute approximate surface area is 166 Å². The number of nitrogens with zero attached hydrogens (tertiary/aromatic N) is 2. The van der Waals surface area contributed by atoms with E-state index >= 15 is 0 Å². The summed E-state index contributed by atoms with van der Waals surface area (Å²) in [5, 5.41) is 2.77. The molecule has 2 heterocycles. The van der Waals surface area contributed by atoms with Crippen LogP contribution in [-0.2, 0) is 21.2 Å². The van der Waals surface area contributed by atoms with E-state index in [1.165, 1.54) is 19.3 Å². The van der Waals surface area contributed by atoms with Gasteiger partial charge in [-0.25, -0.2) is 13.4 Å². The van der Waals surface area contributed by atoms with Crippen LogP contribution in [-0.4, -0.2) is 38.2 Å². The summed E-state index contributed by atoms with van der Waals surface area (Å²) >= 11 is 0. The molecule has 1 aromatic heterocycles. The van der Waals surface area contributed by atoms with Crippen LogP contribution in [0.4, 0.5) is 5.82 Å². The highest BCUT2D eigenvalue weighted by atomic mass is 32.2. The van der Waals surface area contributed by atoms with Gasteiger partial charge < -0.3 is 10.2 Å². The third kappa shape index (κ3) is 5.55. The number of carbonyl (C=O) groups excluding carboxylic acids is 1. The summed E-state index contributed by atoms with van der Waals surface area (Å²) in [6.45, 7) is 4.32. The van der Waals surface area contributed by atoms with Crippen molar-refractivity contribution >= 4 is 21.6 Å². The summed E-state index contributed by atoms with van der Waals surface area (Å²) < 4.78 is 24.6. The topological polar surface area (TPSA) is 79.4 Å². The number of piperidine rings is 1. The Hall–Kier alpha value is -2.41. The molecule has 2 aromatic rings. The Morgan fingerprint density at radius 3 is 2.43 bits per heavy atom. The second-order valence-corrected chi connectivity index (χ2v) is 9.34. The van der Waals surface area contributed by atoms with E-state index in [0.29, 0.717) is 6.54 Å². The summed E-state index contributed by atoms with van der Waals surface area (Å²) in [5.74, 6) is 0.489. The molecule has 1 fully saturated rings. The molecule has 0 atom stereocenters. The number of rotatable bonds is 7. The van der Waals surface area contributed by atoms with Crippen LogP contribution in [0.5, 0.6) is 0 Å². The van der Waals surface area contributed by atoms with Crippen molar-refractivity contribution in [3.63, 3.8) is 0 Å². The maximum absolute atomic E-state index is 12.3. The lowest BCUT2D eigenvalue weighted by atomic mass is 10.1. The van der Waals surface area contributed by atoms with Crippen molar-refractivity contribution in [3.8, 4) is 0 Å². The largest absolute Gasteiger partial charge is 0.357 e. The highest BCUT2D eigenvalue weighted by Gasteiger charge is 2.16. The first-order valence-corrected chi connectivity index (χ1v) is 11.4. The quantitative estimate of drug-likeness (QED) is 0.772. The summed E-state index contributed by atoms with van der Waals surface area (Å²) in [5.41, 5.74) is 1.90. The van der Waals surface area contributed by atoms with Crippen LogP contribution in [0.3, 0.4) is 0 Å². The molecule has 0 unspecified atom stereocenters. The first-order chi connectivity index (χ1) is 13.4. The van der Waals surface area contributed by atoms with Crippen molar-refractivity contribution in [2.24, 2.45) is 0 Å². The predicted octanol–water partition coefficient (Wildman–Crippen LogP) is 2.86. The maximum Gasteiger partial charge on any atom is 0.221 e. The summed E-state index contributed by atoms with van der Waals surface area (Å²) in [4.78, 5) is 19.1. The summed E-state index contributed by atoms with van der Waals surface area (Å²) in [6, 6.07) is 10.6. The van der Waals surface area contributed by atoms with Gasteiger partial charge in [0.25, 0.3) is 0 Å². The molecule has 150 valence electrons. The van der Waals surface area contributed by atoms with E-state index in [0.717, 1.165) is 30.0 Å². The maximum atomic E-state index is 12.3. The number of hydrogen-bond acceptors (Lipinski definition) is 5. The van der Waals surface area contributed by atoms with E-state index in [4.69, 9.17) is 0 Å². The standard InChI is InChI=1S/C21H27N3O3S/c1-17-5-8-19(9-6-17)28(26,27)14-11-21(25)23-16-18-7-10-20(22-15-18)24-12-3-2-4-13-24/h5-10,15H,2-4,11-14,16H2,1H3,(H,23,25). The van der Waals surface area contributed by atoms with Gasteiger partial charge in [0.2, 0.25) is 5.91 Å². The molecule has 1 aromatic carbocycles. The fourth-order valence-electron chi connectivity index (χ4n) is 3.21. The third-order valence-corrected chi connectivity index (χ3v) is 6.69. The van der Waals surface area contributed by atoms with Crippen LogP contribution >= 0.6 is 0 Å². The van der Waals surface area contributed by atoms with Crippen molar-refractivity contribution in [3.05, 3.63) is 53.7 Å². The van der Waals surface area contributed by atoms with Crippen molar-refractivity contribution in [2.45, 2.75) is 44.0 Å². The zero-order valence-corrected chi connectivity index (χ0v) is 17.0. The molecule has 0 spiro atoms. The Morgan fingerprint density at radius 2 is 1.79 bits per heavy atom. The molecule has 0 radical (unpaired) electrons. The van der Waals surface area contributed by atoms with Gasteiger partial charge in [-0.3, -0.25) is 4.79 Å². The van der Waals surface area contributed by atoms with E-state index in [-0.39, 0.29) is 23.0 Å². The van der Waals surface area contributed by atoms with Crippen molar-refractivity contribution in [1.29, 1.82) is 0 Å². The molecule has 1 amide bonds. The molecule has 28 heavy (non-hydrogen) atoms. The lowest BCUT2D eigenvalue weighted by molar-refractivity contribution is -0.120. The Bertz CT molecular complexity index is 887. The second kappa shape index (κ2) is 9.19. The summed E-state index contributed by atoms with van der Waals surface area (Å²) in [6.07, 6.45) is 5.39. The molecule has 0 aliphatic carbocycles. The molecule has 0 saturated carbocycles. The lowest BCUT2D eigenvalue weighted by Crippen LogP contribution is -2.30.